The standard InChI is InChI=1S/C25H22F4N4O3/c1-3-17(15-6-4-5-7-16(15)26)31-23(34)22-19(12-30)36-24(33-22)14-8-10-18(35-2)21-13(14)9-11-20(32-21)25(27,28)29/h4-11,17H,3,12,30H2,1-2H3,(H,31,34). The molecule has 4 rings (SSSR count). The topological polar surface area (TPSA) is 103 Å². The minimum atomic E-state index is -4.65. The Morgan fingerprint density at radius 2 is 1.89 bits per heavy atom. The van der Waals surface area contributed by atoms with Gasteiger partial charge < -0.3 is 20.2 Å². The van der Waals surface area contributed by atoms with Gasteiger partial charge in [0.2, 0.25) is 5.89 Å². The van der Waals surface area contributed by atoms with Gasteiger partial charge in [-0.05, 0) is 36.8 Å². The smallest absolute Gasteiger partial charge is 0.433 e. The van der Waals surface area contributed by atoms with E-state index in [1.807, 2.05) is 0 Å². The number of carbonyl (C=O) groups excluding carboxylic acids is 1. The minimum Gasteiger partial charge on any atom is -0.494 e. The van der Waals surface area contributed by atoms with Crippen LogP contribution in [-0.2, 0) is 12.7 Å². The molecule has 0 aliphatic heterocycles. The van der Waals surface area contributed by atoms with E-state index in [-0.39, 0.29) is 40.5 Å². The third kappa shape index (κ3) is 4.74. The van der Waals surface area contributed by atoms with Crippen LogP contribution in [-0.4, -0.2) is 23.0 Å². The van der Waals surface area contributed by atoms with E-state index in [1.54, 1.807) is 25.1 Å². The molecule has 7 nitrogen and oxygen atoms in total. The average Bonchev–Trinajstić information content (AvgIpc) is 3.30. The van der Waals surface area contributed by atoms with E-state index >= 15 is 0 Å². The fraction of sp³-hybridized carbons (Fsp3) is 0.240. The minimum absolute atomic E-state index is 0.0336. The van der Waals surface area contributed by atoms with Gasteiger partial charge >= 0.3 is 6.18 Å². The lowest BCUT2D eigenvalue weighted by Crippen LogP contribution is -2.30. The van der Waals surface area contributed by atoms with Crippen LogP contribution in [0, 0.1) is 5.82 Å². The monoisotopic (exact) mass is 502 g/mol. The summed E-state index contributed by atoms with van der Waals surface area (Å²) in [5.41, 5.74) is 5.15. The van der Waals surface area contributed by atoms with Crippen molar-refractivity contribution in [1.29, 1.82) is 0 Å². The Morgan fingerprint density at radius 3 is 2.53 bits per heavy atom. The molecule has 36 heavy (non-hydrogen) atoms. The lowest BCUT2D eigenvalue weighted by atomic mass is 10.0. The quantitative estimate of drug-likeness (QED) is 0.328. The molecular weight excluding hydrogens is 480 g/mol. The summed E-state index contributed by atoms with van der Waals surface area (Å²) in [7, 11) is 1.32. The zero-order chi connectivity index (χ0) is 26.0. The van der Waals surface area contributed by atoms with E-state index in [4.69, 9.17) is 14.9 Å². The normalized spacial score (nSPS) is 12.5. The number of hydrogen-bond donors (Lipinski definition) is 2. The van der Waals surface area contributed by atoms with Gasteiger partial charge in [-0.2, -0.15) is 13.2 Å². The molecule has 0 saturated heterocycles. The maximum absolute atomic E-state index is 14.3. The van der Waals surface area contributed by atoms with E-state index in [2.05, 4.69) is 15.3 Å². The first kappa shape index (κ1) is 25.1. The fourth-order valence-electron chi connectivity index (χ4n) is 3.87. The molecule has 2 heterocycles. The third-order valence-electron chi connectivity index (χ3n) is 5.65. The van der Waals surface area contributed by atoms with Crippen LogP contribution in [0.3, 0.4) is 0 Å². The second-order valence-corrected chi connectivity index (χ2v) is 7.86. The first-order valence-corrected chi connectivity index (χ1v) is 11.0. The summed E-state index contributed by atoms with van der Waals surface area (Å²) in [5.74, 6) is -0.932. The molecule has 0 radical (unpaired) electrons. The largest absolute Gasteiger partial charge is 0.494 e. The van der Waals surface area contributed by atoms with Crippen molar-refractivity contribution in [1.82, 2.24) is 15.3 Å². The highest BCUT2D eigenvalue weighted by atomic mass is 19.4. The first-order chi connectivity index (χ1) is 17.2. The number of nitrogens with one attached hydrogen (secondary N) is 1. The number of methoxy groups -OCH3 is 1. The molecule has 4 aromatic rings. The molecule has 2 aromatic heterocycles. The predicted molar refractivity (Wildman–Crippen MR) is 124 cm³/mol. The number of nitrogens with zero attached hydrogens (tertiary/aromatic N) is 2. The van der Waals surface area contributed by atoms with Gasteiger partial charge in [0.25, 0.3) is 5.91 Å². The summed E-state index contributed by atoms with van der Waals surface area (Å²) in [6.45, 7) is 1.62. The molecule has 0 saturated carbocycles. The van der Waals surface area contributed by atoms with E-state index in [9.17, 15) is 22.4 Å². The highest BCUT2D eigenvalue weighted by Gasteiger charge is 2.33. The molecule has 11 heteroatoms. The lowest BCUT2D eigenvalue weighted by molar-refractivity contribution is -0.140. The SMILES string of the molecule is CCC(NC(=O)c1nc(-c2ccc(OC)c3nc(C(F)(F)F)ccc23)oc1CN)c1ccccc1F. The third-order valence-corrected chi connectivity index (χ3v) is 5.65. The van der Waals surface area contributed by atoms with Crippen molar-refractivity contribution in [3.8, 4) is 17.2 Å². The van der Waals surface area contributed by atoms with Crippen molar-refractivity contribution in [3.63, 3.8) is 0 Å². The number of alkyl halides is 3. The second-order valence-electron chi connectivity index (χ2n) is 7.86. The van der Waals surface area contributed by atoms with Gasteiger partial charge in [0.1, 0.15) is 22.8 Å². The molecule has 0 fully saturated rings. The predicted octanol–water partition coefficient (Wildman–Crippen LogP) is 5.40. The number of aromatic nitrogens is 2. The molecule has 2 aromatic carbocycles. The number of halogens is 4. The van der Waals surface area contributed by atoms with Gasteiger partial charge in [0.15, 0.2) is 11.5 Å². The number of hydrogen-bond acceptors (Lipinski definition) is 6. The zero-order valence-corrected chi connectivity index (χ0v) is 19.3. The van der Waals surface area contributed by atoms with Crippen molar-refractivity contribution in [2.45, 2.75) is 32.1 Å². The van der Waals surface area contributed by atoms with Crippen molar-refractivity contribution < 1.29 is 31.5 Å². The van der Waals surface area contributed by atoms with Crippen molar-refractivity contribution >= 4 is 16.8 Å². The Balaban J connectivity index is 1.75. The van der Waals surface area contributed by atoms with Crippen LogP contribution >= 0.6 is 0 Å². The molecule has 1 atom stereocenters. The van der Waals surface area contributed by atoms with E-state index in [0.717, 1.165) is 6.07 Å². The van der Waals surface area contributed by atoms with Gasteiger partial charge in [-0.25, -0.2) is 14.4 Å². The Hall–Kier alpha value is -3.99. The van der Waals surface area contributed by atoms with Crippen LogP contribution in [0.1, 0.15) is 46.9 Å². The Kier molecular flexibility index (Phi) is 6.93. The number of benzene rings is 2. The maximum Gasteiger partial charge on any atom is 0.433 e. The first-order valence-electron chi connectivity index (χ1n) is 11.0. The summed E-state index contributed by atoms with van der Waals surface area (Å²) >= 11 is 0. The fourth-order valence-corrected chi connectivity index (χ4v) is 3.87. The molecule has 3 N–H and O–H groups in total. The van der Waals surface area contributed by atoms with E-state index in [0.29, 0.717) is 17.5 Å². The number of rotatable bonds is 7. The number of fused-ring (bicyclic) bond motifs is 1. The molecule has 0 aliphatic carbocycles. The van der Waals surface area contributed by atoms with Gasteiger partial charge in [0.05, 0.1) is 19.7 Å². The highest BCUT2D eigenvalue weighted by molar-refractivity contribution is 5.98. The number of pyridine rings is 1. The second kappa shape index (κ2) is 9.94. The van der Waals surface area contributed by atoms with Gasteiger partial charge in [-0.15, -0.1) is 0 Å². The molecular formula is C25H22F4N4O3. The van der Waals surface area contributed by atoms with Crippen LogP contribution in [0.4, 0.5) is 17.6 Å². The Labute approximate surface area is 203 Å². The van der Waals surface area contributed by atoms with Gasteiger partial charge in [-0.1, -0.05) is 25.1 Å². The number of nitrogens with two attached hydrogens (primary N) is 1. The number of carbonyl (C=O) groups is 1. The average molecular weight is 502 g/mol. The summed E-state index contributed by atoms with van der Waals surface area (Å²) in [6.07, 6.45) is -4.24. The molecule has 1 amide bonds. The zero-order valence-electron chi connectivity index (χ0n) is 19.3. The molecule has 0 aliphatic rings. The van der Waals surface area contributed by atoms with Crippen LogP contribution in [0.2, 0.25) is 0 Å². The highest BCUT2D eigenvalue weighted by Crippen LogP contribution is 2.37. The lowest BCUT2D eigenvalue weighted by Gasteiger charge is -2.17. The number of ether oxygens (including phenoxy) is 1. The molecule has 0 spiro atoms. The molecule has 0 bridgehead atoms. The summed E-state index contributed by atoms with van der Waals surface area (Å²) in [5, 5.41) is 3.02. The Morgan fingerprint density at radius 1 is 1.14 bits per heavy atom. The Bertz CT molecular complexity index is 1420. The van der Waals surface area contributed by atoms with E-state index in [1.165, 1.54) is 31.4 Å². The van der Waals surface area contributed by atoms with Crippen molar-refractivity contribution in [2.75, 3.05) is 7.11 Å². The number of oxazole rings is 1. The van der Waals surface area contributed by atoms with Crippen LogP contribution in [0.5, 0.6) is 5.75 Å². The molecule has 1 unspecified atom stereocenters. The van der Waals surface area contributed by atoms with Gasteiger partial charge in [0, 0.05) is 16.5 Å². The summed E-state index contributed by atoms with van der Waals surface area (Å²) in [6, 6.07) is 10.5. The molecule has 188 valence electrons. The van der Waals surface area contributed by atoms with E-state index < -0.39 is 29.6 Å². The van der Waals surface area contributed by atoms with Crippen molar-refractivity contribution in [3.05, 3.63) is 77.1 Å². The summed E-state index contributed by atoms with van der Waals surface area (Å²) < 4.78 is 64.9. The van der Waals surface area contributed by atoms with Crippen molar-refractivity contribution in [2.24, 2.45) is 5.73 Å². The summed E-state index contributed by atoms with van der Waals surface area (Å²) in [4.78, 5) is 21.1. The maximum atomic E-state index is 14.3. The van der Waals surface area contributed by atoms with Crippen LogP contribution < -0.4 is 15.8 Å². The number of amides is 1. The van der Waals surface area contributed by atoms with Gasteiger partial charge in [-0.3, -0.25) is 4.79 Å². The van der Waals surface area contributed by atoms with Crippen LogP contribution in [0.25, 0.3) is 22.4 Å². The van der Waals surface area contributed by atoms with Crippen LogP contribution in [0.15, 0.2) is 52.9 Å².